The molecule has 0 unspecified atom stereocenters. The van der Waals surface area contributed by atoms with Gasteiger partial charge in [-0.15, -0.1) is 0 Å². The van der Waals surface area contributed by atoms with Crippen molar-refractivity contribution in [3.05, 3.63) is 70.5 Å². The van der Waals surface area contributed by atoms with Gasteiger partial charge in [-0.3, -0.25) is 4.79 Å². The van der Waals surface area contributed by atoms with E-state index in [1.807, 2.05) is 30.3 Å². The van der Waals surface area contributed by atoms with Gasteiger partial charge in [-0.2, -0.15) is 5.10 Å². The molecule has 0 aliphatic heterocycles. The Balaban J connectivity index is 2.16. The summed E-state index contributed by atoms with van der Waals surface area (Å²) in [6, 6.07) is 16.4. The van der Waals surface area contributed by atoms with E-state index in [0.29, 0.717) is 27.4 Å². The lowest BCUT2D eigenvalue weighted by Gasteiger charge is -2.13. The second-order valence-corrected chi connectivity index (χ2v) is 5.78. The van der Waals surface area contributed by atoms with Crippen LogP contribution in [0.5, 0.6) is 11.5 Å². The van der Waals surface area contributed by atoms with Crippen LogP contribution in [0.4, 0.5) is 0 Å². The molecule has 1 heterocycles. The molecule has 0 radical (unpaired) electrons. The Morgan fingerprint density at radius 3 is 2.21 bits per heavy atom. The van der Waals surface area contributed by atoms with Gasteiger partial charge in [0.05, 0.1) is 19.9 Å². The second-order valence-electron chi connectivity index (χ2n) is 4.97. The zero-order valence-electron chi connectivity index (χ0n) is 13.2. The number of carbonyl (C=O) groups excluding carboxylic acids is 1. The zero-order valence-corrected chi connectivity index (χ0v) is 14.8. The molecule has 1 aromatic heterocycles. The molecule has 6 heteroatoms. The quantitative estimate of drug-likeness (QED) is 0.624. The molecular formula is C18H15BrN2O3. The van der Waals surface area contributed by atoms with Crippen molar-refractivity contribution in [3.63, 3.8) is 0 Å². The summed E-state index contributed by atoms with van der Waals surface area (Å²) in [4.78, 5) is 13.2. The minimum absolute atomic E-state index is 0.230. The predicted octanol–water partition coefficient (Wildman–Crippen LogP) is 3.88. The van der Waals surface area contributed by atoms with Crippen molar-refractivity contribution in [3.8, 4) is 17.2 Å². The third-order valence-electron chi connectivity index (χ3n) is 3.57. The normalized spacial score (nSPS) is 10.5. The van der Waals surface area contributed by atoms with Crippen molar-refractivity contribution in [1.82, 2.24) is 9.78 Å². The largest absolute Gasteiger partial charge is 0.496 e. The maximum Gasteiger partial charge on any atom is 0.219 e. The molecule has 0 saturated heterocycles. The maximum atomic E-state index is 13.2. The summed E-state index contributed by atoms with van der Waals surface area (Å²) < 4.78 is 12.8. The number of ketones is 1. The maximum absolute atomic E-state index is 13.2. The summed E-state index contributed by atoms with van der Waals surface area (Å²) in [6.07, 6.45) is 0. The zero-order chi connectivity index (χ0) is 17.1. The molecule has 24 heavy (non-hydrogen) atoms. The van der Waals surface area contributed by atoms with Crippen LogP contribution in [0.2, 0.25) is 0 Å². The first-order chi connectivity index (χ1) is 11.7. The lowest BCUT2D eigenvalue weighted by molar-refractivity contribution is 0.102. The van der Waals surface area contributed by atoms with Crippen LogP contribution in [0.25, 0.3) is 5.69 Å². The Kier molecular flexibility index (Phi) is 4.66. The van der Waals surface area contributed by atoms with Gasteiger partial charge >= 0.3 is 0 Å². The molecule has 0 bridgehead atoms. The van der Waals surface area contributed by atoms with Crippen molar-refractivity contribution in [2.75, 3.05) is 14.2 Å². The molecule has 0 fully saturated rings. The van der Waals surface area contributed by atoms with Gasteiger partial charge in [0.25, 0.3) is 0 Å². The van der Waals surface area contributed by atoms with E-state index in [2.05, 4.69) is 21.0 Å². The van der Waals surface area contributed by atoms with Crippen molar-refractivity contribution in [2.45, 2.75) is 0 Å². The van der Waals surface area contributed by atoms with Crippen molar-refractivity contribution in [2.24, 2.45) is 0 Å². The number of hydrogen-bond acceptors (Lipinski definition) is 4. The van der Waals surface area contributed by atoms with Gasteiger partial charge in [0.1, 0.15) is 27.4 Å². The van der Waals surface area contributed by atoms with Crippen LogP contribution in [0.1, 0.15) is 16.1 Å². The number of ether oxygens (including phenoxy) is 2. The first-order valence-corrected chi connectivity index (χ1v) is 8.01. The van der Waals surface area contributed by atoms with E-state index in [1.54, 1.807) is 28.9 Å². The topological polar surface area (TPSA) is 53.4 Å². The van der Waals surface area contributed by atoms with E-state index in [9.17, 15) is 4.79 Å². The first-order valence-electron chi connectivity index (χ1n) is 7.22. The Hall–Kier alpha value is -2.60. The molecule has 0 spiro atoms. The average molecular weight is 387 g/mol. The molecule has 3 rings (SSSR count). The van der Waals surface area contributed by atoms with Gasteiger partial charge in [-0.1, -0.05) is 24.3 Å². The highest BCUT2D eigenvalue weighted by Gasteiger charge is 2.24. The van der Waals surface area contributed by atoms with E-state index in [4.69, 9.17) is 9.47 Å². The Labute approximate surface area is 148 Å². The smallest absolute Gasteiger partial charge is 0.219 e. The fourth-order valence-electron chi connectivity index (χ4n) is 2.48. The summed E-state index contributed by atoms with van der Waals surface area (Å²) in [7, 11) is 3.05. The van der Waals surface area contributed by atoms with Crippen molar-refractivity contribution in [1.29, 1.82) is 0 Å². The standard InChI is InChI=1S/C18H15BrN2O3/c1-23-14-9-6-10-15(24-2)17(14)18(22)13-11-16(19)20-21(13)12-7-4-3-5-8-12/h3-11H,1-2H3. The van der Waals surface area contributed by atoms with E-state index in [1.165, 1.54) is 14.2 Å². The highest BCUT2D eigenvalue weighted by atomic mass is 79.9. The number of halogens is 1. The lowest BCUT2D eigenvalue weighted by Crippen LogP contribution is -2.12. The molecule has 3 aromatic rings. The number of carbonyl (C=O) groups is 1. The number of methoxy groups -OCH3 is 2. The molecule has 0 saturated carbocycles. The Bertz CT molecular complexity index is 853. The van der Waals surface area contributed by atoms with E-state index in [-0.39, 0.29) is 5.78 Å². The minimum atomic E-state index is -0.230. The number of nitrogens with zero attached hydrogens (tertiary/aromatic N) is 2. The number of rotatable bonds is 5. The summed E-state index contributed by atoms with van der Waals surface area (Å²) in [5, 5.41) is 4.37. The van der Waals surface area contributed by atoms with E-state index < -0.39 is 0 Å². The van der Waals surface area contributed by atoms with Gasteiger partial charge in [-0.05, 0) is 40.2 Å². The Morgan fingerprint density at radius 1 is 1.00 bits per heavy atom. The molecule has 0 aliphatic rings. The predicted molar refractivity (Wildman–Crippen MR) is 94.2 cm³/mol. The molecule has 0 atom stereocenters. The Morgan fingerprint density at radius 2 is 1.62 bits per heavy atom. The average Bonchev–Trinajstić information content (AvgIpc) is 3.03. The third-order valence-corrected chi connectivity index (χ3v) is 3.96. The van der Waals surface area contributed by atoms with Crippen LogP contribution in [0, 0.1) is 0 Å². The molecule has 5 nitrogen and oxygen atoms in total. The number of aromatic nitrogens is 2. The molecule has 122 valence electrons. The molecular weight excluding hydrogens is 372 g/mol. The van der Waals surface area contributed by atoms with Gasteiger partial charge < -0.3 is 9.47 Å². The van der Waals surface area contributed by atoms with Crippen LogP contribution in [0.15, 0.2) is 59.2 Å². The monoisotopic (exact) mass is 386 g/mol. The summed E-state index contributed by atoms with van der Waals surface area (Å²) in [6.45, 7) is 0. The van der Waals surface area contributed by atoms with Gasteiger partial charge in [0.2, 0.25) is 5.78 Å². The molecule has 0 aliphatic carbocycles. The van der Waals surface area contributed by atoms with Crippen LogP contribution in [0.3, 0.4) is 0 Å². The molecule has 0 N–H and O–H groups in total. The fourth-order valence-corrected chi connectivity index (χ4v) is 2.86. The van der Waals surface area contributed by atoms with Crippen molar-refractivity contribution < 1.29 is 14.3 Å². The second kappa shape index (κ2) is 6.88. The number of hydrogen-bond donors (Lipinski definition) is 0. The van der Waals surface area contributed by atoms with Gasteiger partial charge in [0.15, 0.2) is 0 Å². The third kappa shape index (κ3) is 2.92. The minimum Gasteiger partial charge on any atom is -0.496 e. The number of benzene rings is 2. The lowest BCUT2D eigenvalue weighted by atomic mass is 10.1. The molecule has 2 aromatic carbocycles. The molecule has 0 amide bonds. The van der Waals surface area contributed by atoms with Gasteiger partial charge in [0, 0.05) is 6.07 Å². The highest BCUT2D eigenvalue weighted by Crippen LogP contribution is 2.31. The summed E-state index contributed by atoms with van der Waals surface area (Å²) in [5.74, 6) is 0.680. The van der Waals surface area contributed by atoms with Crippen LogP contribution >= 0.6 is 15.9 Å². The van der Waals surface area contributed by atoms with E-state index in [0.717, 1.165) is 5.69 Å². The summed E-state index contributed by atoms with van der Waals surface area (Å²) in [5.41, 5.74) is 1.57. The SMILES string of the molecule is COc1cccc(OC)c1C(=O)c1cc(Br)nn1-c1ccccc1. The van der Waals surface area contributed by atoms with E-state index >= 15 is 0 Å². The van der Waals surface area contributed by atoms with Crippen molar-refractivity contribution >= 4 is 21.7 Å². The summed E-state index contributed by atoms with van der Waals surface area (Å²) >= 11 is 3.35. The fraction of sp³-hybridized carbons (Fsp3) is 0.111. The van der Waals surface area contributed by atoms with Gasteiger partial charge in [-0.25, -0.2) is 4.68 Å². The van der Waals surface area contributed by atoms with Crippen LogP contribution in [-0.2, 0) is 0 Å². The first kappa shape index (κ1) is 16.3. The number of para-hydroxylation sites is 1. The van der Waals surface area contributed by atoms with Crippen LogP contribution < -0.4 is 9.47 Å². The highest BCUT2D eigenvalue weighted by molar-refractivity contribution is 9.10. The van der Waals surface area contributed by atoms with Crippen LogP contribution in [-0.4, -0.2) is 29.8 Å².